The Morgan fingerprint density at radius 2 is 1.73 bits per heavy atom. The molecule has 0 spiro atoms. The largest absolute Gasteiger partial charge is 0.493 e. The number of hydrogen-bond acceptors (Lipinski definition) is 5. The molecule has 2 aromatic rings. The molecule has 1 aromatic heterocycles. The smallest absolute Gasteiger partial charge is 0.203 e. The number of pyridine rings is 1. The summed E-state index contributed by atoms with van der Waals surface area (Å²) in [5.41, 5.74) is 2.06. The van der Waals surface area contributed by atoms with Crippen molar-refractivity contribution in [1.29, 1.82) is 0 Å². The van der Waals surface area contributed by atoms with Gasteiger partial charge in [-0.3, -0.25) is 4.98 Å². The first-order valence-corrected chi connectivity index (χ1v) is 7.12. The van der Waals surface area contributed by atoms with Crippen molar-refractivity contribution in [2.45, 2.75) is 19.5 Å². The molecule has 1 N–H and O–H groups in total. The van der Waals surface area contributed by atoms with E-state index in [1.807, 2.05) is 30.3 Å². The molecule has 0 aliphatic heterocycles. The van der Waals surface area contributed by atoms with Crippen molar-refractivity contribution >= 4 is 0 Å². The first-order valence-electron chi connectivity index (χ1n) is 7.12. The van der Waals surface area contributed by atoms with E-state index in [9.17, 15) is 0 Å². The van der Waals surface area contributed by atoms with Gasteiger partial charge >= 0.3 is 0 Å². The normalized spacial score (nSPS) is 11.8. The second-order valence-corrected chi connectivity index (χ2v) is 4.88. The first kappa shape index (κ1) is 16.1. The van der Waals surface area contributed by atoms with Gasteiger partial charge in [0.05, 0.1) is 27.0 Å². The van der Waals surface area contributed by atoms with E-state index in [-0.39, 0.29) is 6.04 Å². The van der Waals surface area contributed by atoms with E-state index in [1.54, 1.807) is 27.5 Å². The lowest BCUT2D eigenvalue weighted by Gasteiger charge is -2.18. The van der Waals surface area contributed by atoms with E-state index in [2.05, 4.69) is 17.2 Å². The average molecular weight is 302 g/mol. The van der Waals surface area contributed by atoms with Crippen LogP contribution in [0.2, 0.25) is 0 Å². The lowest BCUT2D eigenvalue weighted by Crippen LogP contribution is -2.19. The molecule has 0 radical (unpaired) electrons. The van der Waals surface area contributed by atoms with Crippen molar-refractivity contribution < 1.29 is 14.2 Å². The summed E-state index contributed by atoms with van der Waals surface area (Å²) in [6, 6.07) is 9.92. The van der Waals surface area contributed by atoms with Gasteiger partial charge in [-0.2, -0.15) is 0 Å². The Kier molecular flexibility index (Phi) is 5.61. The molecular formula is C17H22N2O3. The van der Waals surface area contributed by atoms with E-state index in [1.165, 1.54) is 0 Å². The second kappa shape index (κ2) is 7.66. The summed E-state index contributed by atoms with van der Waals surface area (Å²) in [4.78, 5) is 4.31. The third kappa shape index (κ3) is 3.68. The van der Waals surface area contributed by atoms with Crippen LogP contribution in [0.15, 0.2) is 36.5 Å². The Morgan fingerprint density at radius 1 is 1.05 bits per heavy atom. The fourth-order valence-corrected chi connectivity index (χ4v) is 2.23. The monoisotopic (exact) mass is 302 g/mol. The van der Waals surface area contributed by atoms with Crippen LogP contribution in [-0.4, -0.2) is 26.3 Å². The Balaban J connectivity index is 2.16. The highest BCUT2D eigenvalue weighted by Gasteiger charge is 2.16. The fourth-order valence-electron chi connectivity index (χ4n) is 2.23. The van der Waals surface area contributed by atoms with E-state index in [0.717, 1.165) is 11.3 Å². The Morgan fingerprint density at radius 3 is 2.23 bits per heavy atom. The molecule has 5 nitrogen and oxygen atoms in total. The summed E-state index contributed by atoms with van der Waals surface area (Å²) >= 11 is 0. The molecule has 0 fully saturated rings. The molecule has 0 saturated heterocycles. The van der Waals surface area contributed by atoms with E-state index >= 15 is 0 Å². The van der Waals surface area contributed by atoms with Crippen molar-refractivity contribution in [3.63, 3.8) is 0 Å². The predicted octanol–water partition coefficient (Wildman–Crippen LogP) is 2.96. The van der Waals surface area contributed by atoms with Gasteiger partial charge in [0.25, 0.3) is 0 Å². The maximum atomic E-state index is 5.39. The van der Waals surface area contributed by atoms with Crippen LogP contribution < -0.4 is 19.5 Å². The van der Waals surface area contributed by atoms with Crippen molar-refractivity contribution in [1.82, 2.24) is 10.3 Å². The number of benzene rings is 1. The third-order valence-electron chi connectivity index (χ3n) is 3.50. The Labute approximate surface area is 131 Å². The summed E-state index contributed by atoms with van der Waals surface area (Å²) < 4.78 is 16.1. The second-order valence-electron chi connectivity index (χ2n) is 4.88. The van der Waals surface area contributed by atoms with Crippen molar-refractivity contribution in [3.05, 3.63) is 47.8 Å². The molecule has 22 heavy (non-hydrogen) atoms. The standard InChI is InChI=1S/C17H22N2O3/c1-12(19-11-14-7-5-6-8-18-14)13-9-15(20-2)17(22-4)16(10-13)21-3/h5-10,12,19H,11H2,1-4H3. The lowest BCUT2D eigenvalue weighted by atomic mass is 10.1. The topological polar surface area (TPSA) is 52.6 Å². The molecule has 5 heteroatoms. The number of aromatic nitrogens is 1. The summed E-state index contributed by atoms with van der Waals surface area (Å²) in [7, 11) is 4.84. The zero-order chi connectivity index (χ0) is 15.9. The molecule has 0 saturated carbocycles. The highest BCUT2D eigenvalue weighted by atomic mass is 16.5. The van der Waals surface area contributed by atoms with Gasteiger partial charge in [0.1, 0.15) is 0 Å². The van der Waals surface area contributed by atoms with Crippen LogP contribution in [0, 0.1) is 0 Å². The minimum Gasteiger partial charge on any atom is -0.493 e. The van der Waals surface area contributed by atoms with Crippen LogP contribution in [0.3, 0.4) is 0 Å². The van der Waals surface area contributed by atoms with Gasteiger partial charge in [-0.1, -0.05) is 6.07 Å². The van der Waals surface area contributed by atoms with Crippen LogP contribution >= 0.6 is 0 Å². The van der Waals surface area contributed by atoms with E-state index < -0.39 is 0 Å². The SMILES string of the molecule is COc1cc(C(C)NCc2ccccn2)cc(OC)c1OC. The van der Waals surface area contributed by atoms with Gasteiger partial charge in [-0.15, -0.1) is 0 Å². The number of nitrogens with zero attached hydrogens (tertiary/aromatic N) is 1. The number of rotatable bonds is 7. The maximum Gasteiger partial charge on any atom is 0.203 e. The predicted molar refractivity (Wildman–Crippen MR) is 85.6 cm³/mol. The maximum absolute atomic E-state index is 5.39. The fraction of sp³-hybridized carbons (Fsp3) is 0.353. The Hall–Kier alpha value is -2.27. The molecule has 1 aromatic carbocycles. The van der Waals surface area contributed by atoms with Crippen LogP contribution in [0.1, 0.15) is 24.2 Å². The molecule has 1 heterocycles. The summed E-state index contributed by atoms with van der Waals surface area (Å²) in [6.07, 6.45) is 1.79. The van der Waals surface area contributed by atoms with Crippen LogP contribution in [0.25, 0.3) is 0 Å². The van der Waals surface area contributed by atoms with Crippen LogP contribution in [-0.2, 0) is 6.54 Å². The quantitative estimate of drug-likeness (QED) is 0.852. The van der Waals surface area contributed by atoms with Gasteiger partial charge < -0.3 is 19.5 Å². The lowest BCUT2D eigenvalue weighted by molar-refractivity contribution is 0.323. The molecule has 0 bridgehead atoms. The molecule has 2 rings (SSSR count). The van der Waals surface area contributed by atoms with Gasteiger partial charge in [0.2, 0.25) is 5.75 Å². The Bertz CT molecular complexity index is 577. The minimum absolute atomic E-state index is 0.121. The molecular weight excluding hydrogens is 280 g/mol. The van der Waals surface area contributed by atoms with Gasteiger partial charge in [0.15, 0.2) is 11.5 Å². The van der Waals surface area contributed by atoms with Crippen LogP contribution in [0.4, 0.5) is 0 Å². The molecule has 0 aliphatic carbocycles. The van der Waals surface area contributed by atoms with Gasteiger partial charge in [0, 0.05) is 18.8 Å². The number of nitrogens with one attached hydrogen (secondary N) is 1. The molecule has 0 amide bonds. The van der Waals surface area contributed by atoms with E-state index in [0.29, 0.717) is 23.8 Å². The summed E-state index contributed by atoms with van der Waals surface area (Å²) in [6.45, 7) is 2.78. The molecule has 118 valence electrons. The average Bonchev–Trinajstić information content (AvgIpc) is 2.59. The molecule has 1 unspecified atom stereocenters. The number of hydrogen-bond donors (Lipinski definition) is 1. The zero-order valence-corrected chi connectivity index (χ0v) is 13.4. The highest BCUT2D eigenvalue weighted by Crippen LogP contribution is 2.39. The summed E-state index contributed by atoms with van der Waals surface area (Å²) in [5, 5.41) is 3.44. The van der Waals surface area contributed by atoms with Crippen molar-refractivity contribution in [2.24, 2.45) is 0 Å². The van der Waals surface area contributed by atoms with Crippen molar-refractivity contribution in [3.8, 4) is 17.2 Å². The summed E-state index contributed by atoms with van der Waals surface area (Å²) in [5.74, 6) is 1.91. The zero-order valence-electron chi connectivity index (χ0n) is 13.4. The minimum atomic E-state index is 0.121. The van der Waals surface area contributed by atoms with Gasteiger partial charge in [-0.25, -0.2) is 0 Å². The van der Waals surface area contributed by atoms with Crippen molar-refractivity contribution in [2.75, 3.05) is 21.3 Å². The number of methoxy groups -OCH3 is 3. The van der Waals surface area contributed by atoms with Gasteiger partial charge in [-0.05, 0) is 36.8 Å². The highest BCUT2D eigenvalue weighted by molar-refractivity contribution is 5.54. The number of ether oxygens (including phenoxy) is 3. The molecule has 1 atom stereocenters. The van der Waals surface area contributed by atoms with Crippen LogP contribution in [0.5, 0.6) is 17.2 Å². The first-order chi connectivity index (χ1) is 10.7. The third-order valence-corrected chi connectivity index (χ3v) is 3.50. The van der Waals surface area contributed by atoms with E-state index in [4.69, 9.17) is 14.2 Å². The molecule has 0 aliphatic rings.